The van der Waals surface area contributed by atoms with Crippen LogP contribution in [0.3, 0.4) is 0 Å². The van der Waals surface area contributed by atoms with Gasteiger partial charge in [0.25, 0.3) is 5.56 Å². The number of hydrogen-bond donors (Lipinski definition) is 1. The molecule has 8 heteroatoms. The molecule has 2 N–H and O–H groups in total. The van der Waals surface area contributed by atoms with E-state index in [1.807, 2.05) is 6.92 Å². The maximum absolute atomic E-state index is 13.2. The molecule has 2 aromatic heterocycles. The van der Waals surface area contributed by atoms with Crippen molar-refractivity contribution in [1.82, 2.24) is 9.55 Å². The summed E-state index contributed by atoms with van der Waals surface area (Å²) in [5.41, 5.74) is 6.43. The summed E-state index contributed by atoms with van der Waals surface area (Å²) in [6.45, 7) is 7.00. The smallest absolute Gasteiger partial charge is 0.263 e. The summed E-state index contributed by atoms with van der Waals surface area (Å²) < 4.78 is 7.38. The summed E-state index contributed by atoms with van der Waals surface area (Å²) >= 11 is 2.78. The SMILES string of the molecule is CCc1c(C)sc2nc(S[C@H](C)C(N)=O)n(C[C@H]3CCCO3)c(=O)c12. The molecule has 1 aliphatic heterocycles. The van der Waals surface area contributed by atoms with Gasteiger partial charge in [-0.2, -0.15) is 0 Å². The lowest BCUT2D eigenvalue weighted by Crippen LogP contribution is -2.30. The van der Waals surface area contributed by atoms with Crippen molar-refractivity contribution >= 4 is 39.2 Å². The van der Waals surface area contributed by atoms with E-state index in [0.717, 1.165) is 41.1 Å². The predicted molar refractivity (Wildman–Crippen MR) is 101 cm³/mol. The van der Waals surface area contributed by atoms with Crippen LogP contribution in [0.25, 0.3) is 10.2 Å². The van der Waals surface area contributed by atoms with E-state index in [1.165, 1.54) is 23.1 Å². The number of aromatic nitrogens is 2. The van der Waals surface area contributed by atoms with Gasteiger partial charge in [-0.25, -0.2) is 4.98 Å². The molecule has 0 radical (unpaired) electrons. The summed E-state index contributed by atoms with van der Waals surface area (Å²) in [6, 6.07) is 0. The molecule has 0 aromatic carbocycles. The fourth-order valence-electron chi connectivity index (χ4n) is 3.12. The fraction of sp³-hybridized carbons (Fsp3) is 0.588. The summed E-state index contributed by atoms with van der Waals surface area (Å²) in [7, 11) is 0. The molecule has 0 spiro atoms. The first-order chi connectivity index (χ1) is 11.9. The Labute approximate surface area is 154 Å². The number of fused-ring (bicyclic) bond motifs is 1. The van der Waals surface area contributed by atoms with Crippen LogP contribution in [0.1, 0.15) is 37.1 Å². The van der Waals surface area contributed by atoms with Gasteiger partial charge in [0.1, 0.15) is 4.83 Å². The number of aryl methyl sites for hydroxylation is 2. The van der Waals surface area contributed by atoms with E-state index in [1.54, 1.807) is 11.5 Å². The molecule has 0 saturated carbocycles. The van der Waals surface area contributed by atoms with Crippen molar-refractivity contribution in [2.24, 2.45) is 5.73 Å². The Morgan fingerprint density at radius 2 is 2.32 bits per heavy atom. The minimum Gasteiger partial charge on any atom is -0.376 e. The van der Waals surface area contributed by atoms with Gasteiger partial charge in [0.15, 0.2) is 5.16 Å². The molecule has 3 heterocycles. The van der Waals surface area contributed by atoms with Crippen molar-refractivity contribution in [2.45, 2.75) is 63.1 Å². The van der Waals surface area contributed by atoms with Gasteiger partial charge in [0.05, 0.1) is 23.3 Å². The number of hydrogen-bond acceptors (Lipinski definition) is 6. The first kappa shape index (κ1) is 18.4. The molecule has 6 nitrogen and oxygen atoms in total. The van der Waals surface area contributed by atoms with Gasteiger partial charge < -0.3 is 10.5 Å². The van der Waals surface area contributed by atoms with E-state index in [0.29, 0.717) is 17.1 Å². The average Bonchev–Trinajstić information content (AvgIpc) is 3.17. The van der Waals surface area contributed by atoms with E-state index in [-0.39, 0.29) is 11.7 Å². The van der Waals surface area contributed by atoms with Gasteiger partial charge in [-0.3, -0.25) is 14.2 Å². The van der Waals surface area contributed by atoms with Crippen molar-refractivity contribution < 1.29 is 9.53 Å². The number of nitrogens with zero attached hydrogens (tertiary/aromatic N) is 2. The number of thiophene rings is 1. The van der Waals surface area contributed by atoms with Gasteiger partial charge >= 0.3 is 0 Å². The third kappa shape index (κ3) is 3.61. The lowest BCUT2D eigenvalue weighted by atomic mass is 10.1. The van der Waals surface area contributed by atoms with Crippen LogP contribution in [0.2, 0.25) is 0 Å². The van der Waals surface area contributed by atoms with Crippen LogP contribution in [0, 0.1) is 6.92 Å². The highest BCUT2D eigenvalue weighted by atomic mass is 32.2. The maximum Gasteiger partial charge on any atom is 0.263 e. The fourth-order valence-corrected chi connectivity index (χ4v) is 5.14. The lowest BCUT2D eigenvalue weighted by Gasteiger charge is -2.17. The van der Waals surface area contributed by atoms with E-state index < -0.39 is 11.2 Å². The summed E-state index contributed by atoms with van der Waals surface area (Å²) in [6.07, 6.45) is 2.76. The number of nitrogens with two attached hydrogens (primary N) is 1. The Bertz CT molecular complexity index is 853. The molecule has 0 unspecified atom stereocenters. The van der Waals surface area contributed by atoms with Crippen LogP contribution in [0.5, 0.6) is 0 Å². The lowest BCUT2D eigenvalue weighted by molar-refractivity contribution is -0.117. The van der Waals surface area contributed by atoms with E-state index in [4.69, 9.17) is 15.5 Å². The first-order valence-corrected chi connectivity index (χ1v) is 10.2. The van der Waals surface area contributed by atoms with Gasteiger partial charge in [-0.05, 0) is 38.7 Å². The highest BCUT2D eigenvalue weighted by Crippen LogP contribution is 2.31. The molecule has 2 atom stereocenters. The van der Waals surface area contributed by atoms with Gasteiger partial charge in [0.2, 0.25) is 5.91 Å². The number of carbonyl (C=O) groups excluding carboxylic acids is 1. The molecule has 1 saturated heterocycles. The van der Waals surface area contributed by atoms with E-state index in [9.17, 15) is 9.59 Å². The zero-order chi connectivity index (χ0) is 18.1. The third-order valence-electron chi connectivity index (χ3n) is 4.52. The molecule has 1 aliphatic rings. The molecular formula is C17H23N3O3S2. The first-order valence-electron chi connectivity index (χ1n) is 8.52. The molecule has 3 rings (SSSR count). The van der Waals surface area contributed by atoms with Crippen molar-refractivity contribution in [1.29, 1.82) is 0 Å². The third-order valence-corrected chi connectivity index (χ3v) is 6.67. The number of ether oxygens (including phenoxy) is 1. The topological polar surface area (TPSA) is 87.2 Å². The highest BCUT2D eigenvalue weighted by Gasteiger charge is 2.24. The minimum atomic E-state index is -0.452. The molecule has 1 fully saturated rings. The zero-order valence-electron chi connectivity index (χ0n) is 14.7. The summed E-state index contributed by atoms with van der Waals surface area (Å²) in [5.74, 6) is -0.417. The highest BCUT2D eigenvalue weighted by molar-refractivity contribution is 8.00. The molecule has 0 bridgehead atoms. The monoisotopic (exact) mass is 381 g/mol. The summed E-state index contributed by atoms with van der Waals surface area (Å²) in [4.78, 5) is 31.3. The second-order valence-electron chi connectivity index (χ2n) is 6.28. The number of amides is 1. The number of rotatable bonds is 6. The Morgan fingerprint density at radius 1 is 1.56 bits per heavy atom. The Kier molecular flexibility index (Phi) is 5.50. The molecular weight excluding hydrogens is 358 g/mol. The van der Waals surface area contributed by atoms with Crippen LogP contribution < -0.4 is 11.3 Å². The second-order valence-corrected chi connectivity index (χ2v) is 8.79. The van der Waals surface area contributed by atoms with E-state index in [2.05, 4.69) is 6.92 Å². The average molecular weight is 382 g/mol. The predicted octanol–water partition coefficient (Wildman–Crippen LogP) is 2.47. The van der Waals surface area contributed by atoms with Gasteiger partial charge in [-0.1, -0.05) is 18.7 Å². The largest absolute Gasteiger partial charge is 0.376 e. The van der Waals surface area contributed by atoms with Crippen molar-refractivity contribution in [3.63, 3.8) is 0 Å². The number of carbonyl (C=O) groups is 1. The quantitative estimate of drug-likeness (QED) is 0.613. The molecule has 0 aliphatic carbocycles. The van der Waals surface area contributed by atoms with Crippen LogP contribution in [0.15, 0.2) is 9.95 Å². The minimum absolute atomic E-state index is 0.0185. The zero-order valence-corrected chi connectivity index (χ0v) is 16.3. The van der Waals surface area contributed by atoms with Crippen LogP contribution in [-0.4, -0.2) is 33.4 Å². The normalized spacial score (nSPS) is 18.8. The Morgan fingerprint density at radius 3 is 2.92 bits per heavy atom. The van der Waals surface area contributed by atoms with Gasteiger partial charge in [0, 0.05) is 11.5 Å². The molecule has 25 heavy (non-hydrogen) atoms. The number of thioether (sulfide) groups is 1. The molecule has 2 aromatic rings. The Hall–Kier alpha value is -1.38. The van der Waals surface area contributed by atoms with E-state index >= 15 is 0 Å². The maximum atomic E-state index is 13.2. The summed E-state index contributed by atoms with van der Waals surface area (Å²) in [5, 5.41) is 0.800. The Balaban J connectivity index is 2.13. The van der Waals surface area contributed by atoms with Crippen molar-refractivity contribution in [2.75, 3.05) is 6.61 Å². The van der Waals surface area contributed by atoms with Crippen LogP contribution >= 0.6 is 23.1 Å². The molecule has 1 amide bonds. The standard InChI is InChI=1S/C17H23N3O3S2/c1-4-12-9(2)24-15-13(12)16(22)20(8-11-6-5-7-23-11)17(19-15)25-10(3)14(18)21/h10-11H,4-8H2,1-3H3,(H2,18,21)/t10-,11-/m1/s1. The molecule has 136 valence electrons. The van der Waals surface area contributed by atoms with Crippen molar-refractivity contribution in [3.8, 4) is 0 Å². The van der Waals surface area contributed by atoms with Crippen LogP contribution in [-0.2, 0) is 22.5 Å². The van der Waals surface area contributed by atoms with Crippen LogP contribution in [0.4, 0.5) is 0 Å². The van der Waals surface area contributed by atoms with Crippen molar-refractivity contribution in [3.05, 3.63) is 20.8 Å². The number of primary amides is 1. The van der Waals surface area contributed by atoms with Gasteiger partial charge in [-0.15, -0.1) is 11.3 Å². The second kappa shape index (κ2) is 7.47.